The van der Waals surface area contributed by atoms with Crippen molar-refractivity contribution in [2.45, 2.75) is 51.4 Å². The lowest BCUT2D eigenvalue weighted by molar-refractivity contribution is -0.133. The van der Waals surface area contributed by atoms with Crippen LogP contribution in [-0.2, 0) is 14.3 Å². The highest BCUT2D eigenvalue weighted by molar-refractivity contribution is 5.91. The molecule has 0 radical (unpaired) electrons. The first-order chi connectivity index (χ1) is 15.5. The van der Waals surface area contributed by atoms with E-state index in [4.69, 9.17) is 14.5 Å². The van der Waals surface area contributed by atoms with Crippen LogP contribution in [0.1, 0.15) is 33.1 Å². The highest BCUT2D eigenvalue weighted by Gasteiger charge is 2.48. The normalized spacial score (nSPS) is 30.1. The van der Waals surface area contributed by atoms with Crippen LogP contribution in [0.3, 0.4) is 0 Å². The number of methoxy groups -OCH3 is 1. The van der Waals surface area contributed by atoms with Gasteiger partial charge in [0.1, 0.15) is 17.7 Å². The van der Waals surface area contributed by atoms with E-state index in [0.29, 0.717) is 26.0 Å². The molecule has 9 heteroatoms. The fraction of sp³-hybridized carbons (Fsp3) is 0.696. The number of aliphatic imine (C=N–C) groups is 2. The Balaban J connectivity index is 1.72. The second kappa shape index (κ2) is 10.1. The third kappa shape index (κ3) is 4.74. The molecule has 4 rings (SSSR count). The smallest absolute Gasteiger partial charge is 0.233 e. The number of likely N-dealkylation sites (tertiary alicyclic amines) is 1. The van der Waals surface area contributed by atoms with E-state index in [9.17, 15) is 4.79 Å². The van der Waals surface area contributed by atoms with Gasteiger partial charge in [-0.1, -0.05) is 0 Å². The summed E-state index contributed by atoms with van der Waals surface area (Å²) in [5.74, 6) is 1.51. The molecule has 0 aromatic heterocycles. The van der Waals surface area contributed by atoms with Crippen LogP contribution >= 0.6 is 0 Å². The summed E-state index contributed by atoms with van der Waals surface area (Å²) in [5, 5.41) is 6.70. The summed E-state index contributed by atoms with van der Waals surface area (Å²) < 4.78 is 11.7. The minimum atomic E-state index is -0.289. The zero-order valence-corrected chi connectivity index (χ0v) is 19.6. The average Bonchev–Trinajstić information content (AvgIpc) is 3.05. The number of amides is 1. The van der Waals surface area contributed by atoms with Crippen LogP contribution in [0.4, 0.5) is 0 Å². The molecular weight excluding hydrogens is 408 g/mol. The van der Waals surface area contributed by atoms with Crippen molar-refractivity contribution in [3.8, 4) is 0 Å². The molecule has 2 unspecified atom stereocenters. The van der Waals surface area contributed by atoms with Crippen LogP contribution in [0.25, 0.3) is 0 Å². The number of allylic oxidation sites excluding steroid dienone is 1. The van der Waals surface area contributed by atoms with Gasteiger partial charge in [-0.3, -0.25) is 4.79 Å². The van der Waals surface area contributed by atoms with Crippen LogP contribution in [-0.4, -0.2) is 93.0 Å². The van der Waals surface area contributed by atoms with Crippen molar-refractivity contribution in [1.82, 2.24) is 20.4 Å². The van der Waals surface area contributed by atoms with E-state index in [0.717, 1.165) is 48.9 Å². The van der Waals surface area contributed by atoms with E-state index in [1.54, 1.807) is 13.4 Å². The van der Waals surface area contributed by atoms with Gasteiger partial charge in [-0.05, 0) is 46.5 Å². The monoisotopic (exact) mass is 444 g/mol. The molecule has 2 bridgehead atoms. The van der Waals surface area contributed by atoms with Crippen molar-refractivity contribution in [3.63, 3.8) is 0 Å². The second-order valence-corrected chi connectivity index (χ2v) is 9.11. The predicted octanol–water partition coefficient (Wildman–Crippen LogP) is 1.10. The molecule has 32 heavy (non-hydrogen) atoms. The molecule has 9 nitrogen and oxygen atoms in total. The van der Waals surface area contributed by atoms with Crippen LogP contribution in [0.15, 0.2) is 33.2 Å². The van der Waals surface area contributed by atoms with Crippen molar-refractivity contribution in [3.05, 3.63) is 23.2 Å². The summed E-state index contributed by atoms with van der Waals surface area (Å²) in [6.07, 6.45) is 5.68. The summed E-state index contributed by atoms with van der Waals surface area (Å²) in [7, 11) is 3.77. The van der Waals surface area contributed by atoms with Crippen LogP contribution in [0.2, 0.25) is 0 Å². The number of ether oxygens (including phenoxy) is 2. The standard InChI is InChI=1S/C23H36N6O3/c1-15(2)29-22-20-17(23(29)30)13-28(3)10-5-8-24-9-11-32-19-12-16(6-7-18(19)31-4)27-21(20)25-14-26-22/h7,14-15,17,19,22,24H,5-6,8-13H2,1-4H3,(H,25,26)/t17?,19-,22?/m1/s1. The van der Waals surface area contributed by atoms with Gasteiger partial charge in [-0.2, -0.15) is 0 Å². The molecule has 2 N–H and O–H groups in total. The molecular formula is C23H36N6O3. The first kappa shape index (κ1) is 22.9. The van der Waals surface area contributed by atoms with Crippen molar-refractivity contribution < 1.29 is 14.3 Å². The maximum absolute atomic E-state index is 13.5. The Morgan fingerprint density at radius 3 is 2.94 bits per heavy atom. The third-order valence-electron chi connectivity index (χ3n) is 6.48. The van der Waals surface area contributed by atoms with Gasteiger partial charge in [-0.25, -0.2) is 9.98 Å². The fourth-order valence-corrected chi connectivity index (χ4v) is 4.89. The summed E-state index contributed by atoms with van der Waals surface area (Å²) in [6.45, 7) is 8.00. The SMILES string of the molecule is COC1=CCC2=NC3=C4C(CN(C)CCCNCCO[C@@H]1C2)C(=O)N(C(C)C)C4N=CN3. The van der Waals surface area contributed by atoms with Gasteiger partial charge in [0.2, 0.25) is 5.91 Å². The molecule has 1 amide bonds. The Morgan fingerprint density at radius 1 is 1.31 bits per heavy atom. The zero-order chi connectivity index (χ0) is 22.7. The molecule has 3 aliphatic heterocycles. The second-order valence-electron chi connectivity index (χ2n) is 9.11. The van der Waals surface area contributed by atoms with E-state index in [1.165, 1.54) is 0 Å². The molecule has 0 saturated carbocycles. The molecule has 0 spiro atoms. The summed E-state index contributed by atoms with van der Waals surface area (Å²) in [5.41, 5.74) is 2.00. The quantitative estimate of drug-likeness (QED) is 0.663. The summed E-state index contributed by atoms with van der Waals surface area (Å²) in [6, 6.07) is 0.0694. The number of carbonyl (C=O) groups is 1. The molecule has 1 saturated heterocycles. The summed E-state index contributed by atoms with van der Waals surface area (Å²) in [4.78, 5) is 27.3. The Labute approximate surface area is 190 Å². The molecule has 0 aromatic rings. The maximum atomic E-state index is 13.5. The summed E-state index contributed by atoms with van der Waals surface area (Å²) >= 11 is 0. The van der Waals surface area contributed by atoms with Gasteiger partial charge in [0.25, 0.3) is 0 Å². The van der Waals surface area contributed by atoms with Crippen molar-refractivity contribution >= 4 is 18.0 Å². The minimum absolute atomic E-state index is 0.0694. The topological polar surface area (TPSA) is 90.8 Å². The third-order valence-corrected chi connectivity index (χ3v) is 6.48. The van der Waals surface area contributed by atoms with E-state index < -0.39 is 0 Å². The molecule has 0 aromatic carbocycles. The van der Waals surface area contributed by atoms with Gasteiger partial charge in [0, 0.05) is 43.3 Å². The Kier molecular flexibility index (Phi) is 7.27. The highest BCUT2D eigenvalue weighted by atomic mass is 16.5. The average molecular weight is 445 g/mol. The largest absolute Gasteiger partial charge is 0.499 e. The Morgan fingerprint density at radius 2 is 2.16 bits per heavy atom. The molecule has 1 fully saturated rings. The molecule has 4 aliphatic rings. The van der Waals surface area contributed by atoms with Gasteiger partial charge in [-0.15, -0.1) is 0 Å². The van der Waals surface area contributed by atoms with Gasteiger partial charge in [0.05, 0.1) is 26.0 Å². The molecule has 1 aliphatic carbocycles. The highest BCUT2D eigenvalue weighted by Crippen LogP contribution is 2.37. The van der Waals surface area contributed by atoms with Crippen molar-refractivity contribution in [2.75, 3.05) is 46.9 Å². The first-order valence-corrected chi connectivity index (χ1v) is 11.6. The molecule has 3 heterocycles. The van der Waals surface area contributed by atoms with Crippen molar-refractivity contribution in [1.29, 1.82) is 0 Å². The van der Waals surface area contributed by atoms with Crippen LogP contribution in [0, 0.1) is 5.92 Å². The van der Waals surface area contributed by atoms with Gasteiger partial charge >= 0.3 is 0 Å². The fourth-order valence-electron chi connectivity index (χ4n) is 4.89. The number of nitrogens with zero attached hydrogens (tertiary/aromatic N) is 4. The van der Waals surface area contributed by atoms with E-state index in [1.807, 2.05) is 18.7 Å². The first-order valence-electron chi connectivity index (χ1n) is 11.6. The van der Waals surface area contributed by atoms with Crippen LogP contribution in [0.5, 0.6) is 0 Å². The van der Waals surface area contributed by atoms with Crippen LogP contribution < -0.4 is 10.6 Å². The number of carbonyl (C=O) groups excluding carboxylic acids is 1. The number of rotatable bonds is 2. The lowest BCUT2D eigenvalue weighted by Gasteiger charge is -2.28. The predicted molar refractivity (Wildman–Crippen MR) is 124 cm³/mol. The van der Waals surface area contributed by atoms with E-state index >= 15 is 0 Å². The number of hydrogen-bond acceptors (Lipinski definition) is 8. The maximum Gasteiger partial charge on any atom is 0.233 e. The lowest BCUT2D eigenvalue weighted by Crippen LogP contribution is -2.40. The van der Waals surface area contributed by atoms with E-state index in [2.05, 4.69) is 33.6 Å². The van der Waals surface area contributed by atoms with Gasteiger partial charge in [0.15, 0.2) is 6.17 Å². The Hall–Kier alpha value is -2.23. The Bertz CT molecular complexity index is 834. The van der Waals surface area contributed by atoms with E-state index in [-0.39, 0.29) is 30.1 Å². The number of nitrogens with one attached hydrogen (secondary N) is 2. The number of fused-ring (bicyclic) bond motifs is 2. The number of hydrogen-bond donors (Lipinski definition) is 2. The van der Waals surface area contributed by atoms with Gasteiger partial charge < -0.3 is 29.9 Å². The van der Waals surface area contributed by atoms with Crippen molar-refractivity contribution in [2.24, 2.45) is 15.9 Å². The molecule has 3 atom stereocenters. The lowest BCUT2D eigenvalue weighted by atomic mass is 9.98. The molecule has 176 valence electrons. The zero-order valence-electron chi connectivity index (χ0n) is 19.6. The minimum Gasteiger partial charge on any atom is -0.499 e.